The maximum atomic E-state index is 12.5. The molecule has 2 rings (SSSR count). The summed E-state index contributed by atoms with van der Waals surface area (Å²) in [4.78, 5) is 28.4. The Hall–Kier alpha value is -1.14. The van der Waals surface area contributed by atoms with Gasteiger partial charge in [0.25, 0.3) is 0 Å². The Kier molecular flexibility index (Phi) is 5.37. The molecule has 0 aromatic rings. The number of rotatable bonds is 4. The first-order valence-corrected chi connectivity index (χ1v) is 7.57. The predicted molar refractivity (Wildman–Crippen MR) is 75.0 cm³/mol. The molecule has 1 unspecified atom stereocenters. The first-order valence-electron chi connectivity index (χ1n) is 7.57. The lowest BCUT2D eigenvalue weighted by molar-refractivity contribution is -0.147. The number of carbonyl (C=O) groups is 2. The Bertz CT molecular complexity index is 356. The maximum Gasteiger partial charge on any atom is 0.245 e. The summed E-state index contributed by atoms with van der Waals surface area (Å²) in [5, 5.41) is 0. The van der Waals surface area contributed by atoms with Crippen molar-refractivity contribution in [3.8, 4) is 0 Å². The second-order valence-corrected chi connectivity index (χ2v) is 5.52. The largest absolute Gasteiger partial charge is 0.378 e. The molecule has 0 aliphatic carbocycles. The molecule has 2 fully saturated rings. The molecule has 2 saturated heterocycles. The van der Waals surface area contributed by atoms with Crippen LogP contribution in [0.4, 0.5) is 0 Å². The predicted octanol–water partition coefficient (Wildman–Crippen LogP) is -0.0364. The molecular weight excluding hydrogens is 258 g/mol. The van der Waals surface area contributed by atoms with Crippen molar-refractivity contribution in [2.45, 2.75) is 44.7 Å². The van der Waals surface area contributed by atoms with Crippen molar-refractivity contribution in [3.05, 3.63) is 0 Å². The Morgan fingerprint density at radius 1 is 1.30 bits per heavy atom. The molecule has 2 amide bonds. The van der Waals surface area contributed by atoms with Crippen LogP contribution in [0.2, 0.25) is 0 Å². The van der Waals surface area contributed by atoms with Crippen LogP contribution in [0.15, 0.2) is 0 Å². The number of nitrogens with two attached hydrogens (primary N) is 1. The molecule has 0 saturated carbocycles. The monoisotopic (exact) mass is 283 g/mol. The number of ether oxygens (including phenoxy) is 1. The molecular formula is C14H25N3O3. The SMILES string of the molecule is CCC[C@@H](N)C(=O)N1CCCC1C(=O)N1CCOCC1. The van der Waals surface area contributed by atoms with Crippen LogP contribution in [0.5, 0.6) is 0 Å². The molecule has 20 heavy (non-hydrogen) atoms. The zero-order chi connectivity index (χ0) is 14.5. The molecule has 2 atom stereocenters. The van der Waals surface area contributed by atoms with E-state index < -0.39 is 6.04 Å². The van der Waals surface area contributed by atoms with Crippen molar-refractivity contribution in [2.75, 3.05) is 32.8 Å². The van der Waals surface area contributed by atoms with Crippen molar-refractivity contribution in [1.29, 1.82) is 0 Å². The minimum Gasteiger partial charge on any atom is -0.378 e. The van der Waals surface area contributed by atoms with E-state index >= 15 is 0 Å². The topological polar surface area (TPSA) is 75.9 Å². The summed E-state index contributed by atoms with van der Waals surface area (Å²) in [7, 11) is 0. The summed E-state index contributed by atoms with van der Waals surface area (Å²) >= 11 is 0. The zero-order valence-electron chi connectivity index (χ0n) is 12.2. The third-order valence-electron chi connectivity index (χ3n) is 4.06. The van der Waals surface area contributed by atoms with Crippen LogP contribution in [-0.4, -0.2) is 66.5 Å². The Balaban J connectivity index is 1.99. The fraction of sp³-hybridized carbons (Fsp3) is 0.857. The van der Waals surface area contributed by atoms with E-state index in [1.807, 2.05) is 11.8 Å². The van der Waals surface area contributed by atoms with Gasteiger partial charge in [-0.05, 0) is 19.3 Å². The van der Waals surface area contributed by atoms with Gasteiger partial charge in [0.05, 0.1) is 19.3 Å². The molecule has 2 aliphatic rings. The number of likely N-dealkylation sites (tertiary alicyclic amines) is 1. The molecule has 2 N–H and O–H groups in total. The number of hydrogen-bond donors (Lipinski definition) is 1. The molecule has 6 heteroatoms. The normalized spacial score (nSPS) is 24.8. The number of hydrogen-bond acceptors (Lipinski definition) is 4. The van der Waals surface area contributed by atoms with Gasteiger partial charge in [0.1, 0.15) is 6.04 Å². The summed E-state index contributed by atoms with van der Waals surface area (Å²) in [6, 6.07) is -0.790. The molecule has 0 radical (unpaired) electrons. The van der Waals surface area contributed by atoms with Gasteiger partial charge in [0.15, 0.2) is 0 Å². The van der Waals surface area contributed by atoms with E-state index in [2.05, 4.69) is 0 Å². The number of nitrogens with zero attached hydrogens (tertiary/aromatic N) is 2. The van der Waals surface area contributed by atoms with Gasteiger partial charge >= 0.3 is 0 Å². The van der Waals surface area contributed by atoms with E-state index in [1.54, 1.807) is 4.90 Å². The van der Waals surface area contributed by atoms with E-state index in [0.29, 0.717) is 39.3 Å². The lowest BCUT2D eigenvalue weighted by Crippen LogP contribution is -2.53. The van der Waals surface area contributed by atoms with Gasteiger partial charge < -0.3 is 20.3 Å². The summed E-state index contributed by atoms with van der Waals surface area (Å²) in [5.41, 5.74) is 5.91. The van der Waals surface area contributed by atoms with Gasteiger partial charge in [0.2, 0.25) is 11.8 Å². The summed E-state index contributed by atoms with van der Waals surface area (Å²) in [6.45, 7) is 5.07. The van der Waals surface area contributed by atoms with Gasteiger partial charge in [0, 0.05) is 19.6 Å². The highest BCUT2D eigenvalue weighted by Gasteiger charge is 2.38. The van der Waals surface area contributed by atoms with Gasteiger partial charge in [-0.15, -0.1) is 0 Å². The number of carbonyl (C=O) groups excluding carboxylic acids is 2. The minimum atomic E-state index is -0.474. The smallest absolute Gasteiger partial charge is 0.245 e. The van der Waals surface area contributed by atoms with Crippen molar-refractivity contribution in [2.24, 2.45) is 5.73 Å². The standard InChI is InChI=1S/C14H25N3O3/c1-2-4-11(15)13(18)17-6-3-5-12(17)14(19)16-7-9-20-10-8-16/h11-12H,2-10,15H2,1H3/t11-,12?/m1/s1. The van der Waals surface area contributed by atoms with Gasteiger partial charge in [-0.1, -0.05) is 13.3 Å². The van der Waals surface area contributed by atoms with Crippen molar-refractivity contribution in [3.63, 3.8) is 0 Å². The Labute approximate surface area is 120 Å². The summed E-state index contributed by atoms with van der Waals surface area (Å²) in [5.74, 6) is -0.0150. The molecule has 6 nitrogen and oxygen atoms in total. The van der Waals surface area contributed by atoms with E-state index in [4.69, 9.17) is 10.5 Å². The Morgan fingerprint density at radius 3 is 2.65 bits per heavy atom. The van der Waals surface area contributed by atoms with E-state index in [9.17, 15) is 9.59 Å². The van der Waals surface area contributed by atoms with E-state index in [0.717, 1.165) is 19.3 Å². The first-order chi connectivity index (χ1) is 9.65. The van der Waals surface area contributed by atoms with Crippen molar-refractivity contribution in [1.82, 2.24) is 9.80 Å². The highest BCUT2D eigenvalue weighted by atomic mass is 16.5. The van der Waals surface area contributed by atoms with Crippen LogP contribution in [0.3, 0.4) is 0 Å². The van der Waals surface area contributed by atoms with Crippen LogP contribution in [0, 0.1) is 0 Å². The highest BCUT2D eigenvalue weighted by Crippen LogP contribution is 2.21. The number of morpholine rings is 1. The third kappa shape index (κ3) is 3.30. The van der Waals surface area contributed by atoms with E-state index in [1.165, 1.54) is 0 Å². The van der Waals surface area contributed by atoms with Crippen LogP contribution in [0.1, 0.15) is 32.6 Å². The van der Waals surface area contributed by atoms with Crippen LogP contribution >= 0.6 is 0 Å². The van der Waals surface area contributed by atoms with Crippen molar-refractivity contribution < 1.29 is 14.3 Å². The fourth-order valence-electron chi connectivity index (χ4n) is 2.93. The van der Waals surface area contributed by atoms with Crippen LogP contribution < -0.4 is 5.73 Å². The van der Waals surface area contributed by atoms with Gasteiger partial charge in [-0.25, -0.2) is 0 Å². The highest BCUT2D eigenvalue weighted by molar-refractivity contribution is 5.90. The van der Waals surface area contributed by atoms with Crippen LogP contribution in [-0.2, 0) is 14.3 Å². The summed E-state index contributed by atoms with van der Waals surface area (Å²) < 4.78 is 5.26. The molecule has 114 valence electrons. The first kappa shape index (κ1) is 15.3. The molecule has 2 heterocycles. The Morgan fingerprint density at radius 2 is 2.00 bits per heavy atom. The quantitative estimate of drug-likeness (QED) is 0.786. The lowest BCUT2D eigenvalue weighted by atomic mass is 10.1. The van der Waals surface area contributed by atoms with Gasteiger partial charge in [-0.3, -0.25) is 9.59 Å². The minimum absolute atomic E-state index is 0.0582. The van der Waals surface area contributed by atoms with E-state index in [-0.39, 0.29) is 17.9 Å². The fourth-order valence-corrected chi connectivity index (χ4v) is 2.93. The second-order valence-electron chi connectivity index (χ2n) is 5.52. The lowest BCUT2D eigenvalue weighted by Gasteiger charge is -2.33. The third-order valence-corrected chi connectivity index (χ3v) is 4.06. The molecule has 0 bridgehead atoms. The van der Waals surface area contributed by atoms with Gasteiger partial charge in [-0.2, -0.15) is 0 Å². The molecule has 0 aromatic heterocycles. The average molecular weight is 283 g/mol. The second kappa shape index (κ2) is 7.04. The molecule has 2 aliphatic heterocycles. The zero-order valence-corrected chi connectivity index (χ0v) is 12.2. The van der Waals surface area contributed by atoms with Crippen molar-refractivity contribution >= 4 is 11.8 Å². The summed E-state index contributed by atoms with van der Waals surface area (Å²) in [6.07, 6.45) is 3.18. The molecule has 0 aromatic carbocycles. The average Bonchev–Trinajstić information content (AvgIpc) is 2.96. The maximum absolute atomic E-state index is 12.5. The number of amides is 2. The van der Waals surface area contributed by atoms with Crippen LogP contribution in [0.25, 0.3) is 0 Å². The molecule has 0 spiro atoms.